The number of aryl methyl sites for hydroxylation is 1. The quantitative estimate of drug-likeness (QED) is 0.506. The van der Waals surface area contributed by atoms with Crippen LogP contribution in [0, 0.1) is 5.82 Å². The maximum atomic E-state index is 13.3. The fraction of sp³-hybridized carbons (Fsp3) is 0.435. The Morgan fingerprint density at radius 1 is 1.14 bits per heavy atom. The number of nitrogens with zero attached hydrogens (tertiary/aromatic N) is 1. The fourth-order valence-corrected chi connectivity index (χ4v) is 3.92. The molecule has 0 unspecified atom stereocenters. The van der Waals surface area contributed by atoms with Crippen LogP contribution in [-0.4, -0.2) is 30.0 Å². The Hall–Kier alpha value is -2.07. The largest absolute Gasteiger partial charge is 0.491 e. The van der Waals surface area contributed by atoms with Crippen molar-refractivity contribution in [2.24, 2.45) is 0 Å². The van der Waals surface area contributed by atoms with Crippen LogP contribution >= 0.6 is 11.6 Å². The van der Waals surface area contributed by atoms with E-state index in [0.29, 0.717) is 18.8 Å². The number of hydrogen-bond donors (Lipinski definition) is 0. The van der Waals surface area contributed by atoms with E-state index >= 15 is 0 Å². The summed E-state index contributed by atoms with van der Waals surface area (Å²) >= 11 is 6.01. The van der Waals surface area contributed by atoms with E-state index in [1.54, 1.807) is 12.1 Å². The van der Waals surface area contributed by atoms with E-state index in [-0.39, 0.29) is 17.8 Å². The van der Waals surface area contributed by atoms with E-state index in [4.69, 9.17) is 16.3 Å². The zero-order valence-electron chi connectivity index (χ0n) is 16.1. The highest BCUT2D eigenvalue weighted by Crippen LogP contribution is 2.21. The first kappa shape index (κ1) is 20.7. The SMILES string of the molecule is O=C(CCCCCc1cccc(Cl)c1)N1CCC[C@H]1COc1cccc(F)c1. The molecule has 0 aliphatic carbocycles. The highest BCUT2D eigenvalue weighted by molar-refractivity contribution is 6.30. The molecule has 0 N–H and O–H groups in total. The van der Waals surface area contributed by atoms with Crippen molar-refractivity contribution in [3.63, 3.8) is 0 Å². The number of benzene rings is 2. The molecule has 1 fully saturated rings. The minimum Gasteiger partial charge on any atom is -0.491 e. The Morgan fingerprint density at radius 2 is 2.00 bits per heavy atom. The van der Waals surface area contributed by atoms with Gasteiger partial charge in [-0.1, -0.05) is 36.2 Å². The molecule has 1 aliphatic heterocycles. The molecular weight excluding hydrogens is 377 g/mol. The van der Waals surface area contributed by atoms with Crippen molar-refractivity contribution >= 4 is 17.5 Å². The minimum atomic E-state index is -0.311. The summed E-state index contributed by atoms with van der Waals surface area (Å²) in [5.41, 5.74) is 1.24. The second-order valence-corrected chi connectivity index (χ2v) is 7.78. The molecule has 0 saturated carbocycles. The highest BCUT2D eigenvalue weighted by Gasteiger charge is 2.28. The zero-order chi connectivity index (χ0) is 19.8. The molecule has 0 bridgehead atoms. The molecule has 0 spiro atoms. The Kier molecular flexibility index (Phi) is 7.72. The lowest BCUT2D eigenvalue weighted by Crippen LogP contribution is -2.38. The van der Waals surface area contributed by atoms with Crippen LogP contribution in [0.2, 0.25) is 5.02 Å². The highest BCUT2D eigenvalue weighted by atomic mass is 35.5. The third-order valence-corrected chi connectivity index (χ3v) is 5.42. The van der Waals surface area contributed by atoms with E-state index in [9.17, 15) is 9.18 Å². The third-order valence-electron chi connectivity index (χ3n) is 5.18. The van der Waals surface area contributed by atoms with E-state index < -0.39 is 0 Å². The Bertz CT molecular complexity index is 783. The summed E-state index contributed by atoms with van der Waals surface area (Å²) in [6.45, 7) is 1.21. The van der Waals surface area contributed by atoms with Crippen molar-refractivity contribution in [3.8, 4) is 5.75 Å². The van der Waals surface area contributed by atoms with E-state index in [1.165, 1.54) is 17.7 Å². The van der Waals surface area contributed by atoms with Crippen LogP contribution < -0.4 is 4.74 Å². The summed E-state index contributed by atoms with van der Waals surface area (Å²) in [6, 6.07) is 14.2. The molecule has 1 saturated heterocycles. The van der Waals surface area contributed by atoms with Crippen LogP contribution in [0.5, 0.6) is 5.75 Å². The van der Waals surface area contributed by atoms with Gasteiger partial charge in [-0.3, -0.25) is 4.79 Å². The second kappa shape index (κ2) is 10.5. The number of carbonyl (C=O) groups is 1. The molecule has 1 aliphatic rings. The summed E-state index contributed by atoms with van der Waals surface area (Å²) in [5, 5.41) is 0.771. The van der Waals surface area contributed by atoms with Gasteiger partial charge in [-0.25, -0.2) is 4.39 Å². The fourth-order valence-electron chi connectivity index (χ4n) is 3.70. The first-order chi connectivity index (χ1) is 13.6. The van der Waals surface area contributed by atoms with Crippen LogP contribution in [0.1, 0.15) is 44.1 Å². The lowest BCUT2D eigenvalue weighted by molar-refractivity contribution is -0.132. The minimum absolute atomic E-state index is 0.0854. The summed E-state index contributed by atoms with van der Waals surface area (Å²) < 4.78 is 19.0. The number of likely N-dealkylation sites (tertiary alicyclic amines) is 1. The number of amides is 1. The topological polar surface area (TPSA) is 29.5 Å². The molecule has 3 rings (SSSR count). The Labute approximate surface area is 171 Å². The lowest BCUT2D eigenvalue weighted by atomic mass is 10.1. The molecule has 0 aromatic heterocycles. The van der Waals surface area contributed by atoms with Crippen LogP contribution in [0.15, 0.2) is 48.5 Å². The normalized spacial score (nSPS) is 16.4. The second-order valence-electron chi connectivity index (χ2n) is 7.34. The van der Waals surface area contributed by atoms with Gasteiger partial charge >= 0.3 is 0 Å². The Morgan fingerprint density at radius 3 is 2.82 bits per heavy atom. The van der Waals surface area contributed by atoms with Crippen molar-refractivity contribution in [2.75, 3.05) is 13.2 Å². The van der Waals surface area contributed by atoms with Crippen molar-refractivity contribution in [1.82, 2.24) is 4.90 Å². The van der Waals surface area contributed by atoms with Crippen molar-refractivity contribution in [1.29, 1.82) is 0 Å². The molecular formula is C23H27ClFNO2. The van der Waals surface area contributed by atoms with Crippen LogP contribution in [0.3, 0.4) is 0 Å². The van der Waals surface area contributed by atoms with Gasteiger partial charge < -0.3 is 9.64 Å². The number of hydrogen-bond acceptors (Lipinski definition) is 2. The molecule has 2 aromatic carbocycles. The van der Waals surface area contributed by atoms with E-state index in [2.05, 4.69) is 6.07 Å². The van der Waals surface area contributed by atoms with Gasteiger partial charge in [0.2, 0.25) is 5.91 Å². The van der Waals surface area contributed by atoms with E-state index in [1.807, 2.05) is 23.1 Å². The van der Waals surface area contributed by atoms with Gasteiger partial charge in [0.15, 0.2) is 0 Å². The summed E-state index contributed by atoms with van der Waals surface area (Å²) in [5.74, 6) is 0.406. The summed E-state index contributed by atoms with van der Waals surface area (Å²) in [7, 11) is 0. The summed E-state index contributed by atoms with van der Waals surface area (Å²) in [4.78, 5) is 14.5. The molecule has 28 heavy (non-hydrogen) atoms. The standard InChI is InChI=1S/C23H27ClFNO2/c24-19-9-4-8-18(15-19)7-2-1-3-13-23(27)26-14-6-11-21(26)17-28-22-12-5-10-20(25)16-22/h4-5,8-10,12,15-16,21H,1-3,6-7,11,13-14,17H2/t21-/m0/s1. The Balaban J connectivity index is 1.37. The molecule has 5 heteroatoms. The lowest BCUT2D eigenvalue weighted by Gasteiger charge is -2.25. The van der Waals surface area contributed by atoms with Gasteiger partial charge in [0.1, 0.15) is 18.2 Å². The number of ether oxygens (including phenoxy) is 1. The number of halogens is 2. The molecule has 1 amide bonds. The van der Waals surface area contributed by atoms with Gasteiger partial charge in [0, 0.05) is 24.1 Å². The first-order valence-corrected chi connectivity index (χ1v) is 10.4. The maximum absolute atomic E-state index is 13.3. The molecule has 2 aromatic rings. The summed E-state index contributed by atoms with van der Waals surface area (Å²) in [6.07, 6.45) is 6.48. The van der Waals surface area contributed by atoms with Crippen LogP contribution in [0.25, 0.3) is 0 Å². The van der Waals surface area contributed by atoms with Crippen molar-refractivity contribution in [2.45, 2.75) is 51.0 Å². The van der Waals surface area contributed by atoms with Crippen LogP contribution in [0.4, 0.5) is 4.39 Å². The van der Waals surface area contributed by atoms with Gasteiger partial charge in [0.25, 0.3) is 0 Å². The van der Waals surface area contributed by atoms with Crippen molar-refractivity contribution < 1.29 is 13.9 Å². The predicted molar refractivity (Wildman–Crippen MR) is 110 cm³/mol. The molecule has 3 nitrogen and oxygen atoms in total. The number of carbonyl (C=O) groups excluding carboxylic acids is 1. The smallest absolute Gasteiger partial charge is 0.222 e. The van der Waals surface area contributed by atoms with Crippen molar-refractivity contribution in [3.05, 3.63) is 64.9 Å². The first-order valence-electron chi connectivity index (χ1n) is 10.0. The van der Waals surface area contributed by atoms with Gasteiger partial charge in [-0.15, -0.1) is 0 Å². The van der Waals surface area contributed by atoms with Gasteiger partial charge in [-0.2, -0.15) is 0 Å². The average molecular weight is 404 g/mol. The monoisotopic (exact) mass is 403 g/mol. The average Bonchev–Trinajstić information content (AvgIpc) is 3.15. The number of rotatable bonds is 9. The van der Waals surface area contributed by atoms with E-state index in [0.717, 1.165) is 50.1 Å². The molecule has 1 atom stereocenters. The van der Waals surface area contributed by atoms with Crippen LogP contribution in [-0.2, 0) is 11.2 Å². The maximum Gasteiger partial charge on any atom is 0.222 e. The van der Waals surface area contributed by atoms with Gasteiger partial charge in [-0.05, 0) is 61.9 Å². The molecule has 150 valence electrons. The molecule has 1 heterocycles. The van der Waals surface area contributed by atoms with Gasteiger partial charge in [0.05, 0.1) is 6.04 Å². The molecule has 0 radical (unpaired) electrons. The zero-order valence-corrected chi connectivity index (χ0v) is 16.8. The predicted octanol–water partition coefficient (Wildman–Crippen LogP) is 5.65. The third kappa shape index (κ3) is 6.23. The number of unbranched alkanes of at least 4 members (excludes halogenated alkanes) is 2.